The minimum atomic E-state index is -2.66. The zero-order valence-corrected chi connectivity index (χ0v) is 42.4. The van der Waals surface area contributed by atoms with Crippen LogP contribution in [0, 0.1) is 11.3 Å². The molecule has 1 aliphatic heterocycles. The smallest absolute Gasteiger partial charge is 0.333 e. The first-order valence-corrected chi connectivity index (χ1v) is 26.8. The van der Waals surface area contributed by atoms with E-state index in [0.717, 1.165) is 16.7 Å². The predicted molar refractivity (Wildman–Crippen MR) is 264 cm³/mol. The first-order valence-electron chi connectivity index (χ1n) is 22.8. The van der Waals surface area contributed by atoms with Gasteiger partial charge in [0, 0.05) is 0 Å². The van der Waals surface area contributed by atoms with Crippen LogP contribution in [0.5, 0.6) is 17.2 Å². The van der Waals surface area contributed by atoms with E-state index >= 15 is 0 Å². The molecule has 1 amide bonds. The average Bonchev–Trinajstić information content (AvgIpc) is 3.92. The van der Waals surface area contributed by atoms with E-state index in [1.165, 1.54) is 6.33 Å². The van der Waals surface area contributed by atoms with E-state index in [1.54, 1.807) is 37.2 Å². The molecule has 0 bridgehead atoms. The number of para-hydroxylation sites is 1. The molecule has 364 valence electrons. The van der Waals surface area contributed by atoms with Crippen molar-refractivity contribution < 1.29 is 46.5 Å². The van der Waals surface area contributed by atoms with Gasteiger partial charge in [0.1, 0.15) is 47.5 Å². The van der Waals surface area contributed by atoms with Crippen molar-refractivity contribution in [2.45, 2.75) is 95.4 Å². The van der Waals surface area contributed by atoms with Crippen LogP contribution in [0.15, 0.2) is 122 Å². The number of nitrogens with zero attached hydrogens (tertiary/aromatic N) is 5. The van der Waals surface area contributed by atoms with Crippen LogP contribution in [0.2, 0.25) is 18.1 Å². The number of carbonyl (C=O) groups excluding carboxylic acids is 1. The van der Waals surface area contributed by atoms with Gasteiger partial charge in [-0.15, -0.1) is 0 Å². The van der Waals surface area contributed by atoms with Crippen LogP contribution in [-0.4, -0.2) is 92.2 Å². The Labute approximate surface area is 406 Å². The summed E-state index contributed by atoms with van der Waals surface area (Å²) in [5.41, 5.74) is 1.99. The van der Waals surface area contributed by atoms with Gasteiger partial charge in [-0.3, -0.25) is 9.36 Å². The topological polar surface area (TPSA) is 180 Å². The molecule has 6 aromatic rings. The fourth-order valence-corrected chi connectivity index (χ4v) is 10.1. The van der Waals surface area contributed by atoms with Crippen LogP contribution in [0.25, 0.3) is 11.2 Å². The number of imidazole rings is 1. The molecule has 0 spiro atoms. The molecule has 5 atom stereocenters. The Morgan fingerprint density at radius 3 is 2.03 bits per heavy atom. The van der Waals surface area contributed by atoms with Gasteiger partial charge < -0.3 is 47.0 Å². The summed E-state index contributed by atoms with van der Waals surface area (Å²) in [6.45, 7) is 14.4. The zero-order valence-electron chi connectivity index (χ0n) is 40.5. The van der Waals surface area contributed by atoms with Gasteiger partial charge in [0.25, 0.3) is 5.91 Å². The predicted octanol–water partition coefficient (Wildman–Crippen LogP) is 10.1. The monoisotopic (exact) mass is 976 g/mol. The summed E-state index contributed by atoms with van der Waals surface area (Å²) in [6.07, 6.45) is -0.667. The van der Waals surface area contributed by atoms with E-state index in [2.05, 4.69) is 55.2 Å². The fraction of sp³-hybridized carbons (Fsp3) is 0.392. The van der Waals surface area contributed by atoms with Crippen molar-refractivity contribution in [3.8, 4) is 23.3 Å². The number of hydrogen-bond acceptors (Lipinski definition) is 14. The van der Waals surface area contributed by atoms with E-state index in [4.69, 9.17) is 46.7 Å². The number of nitrogens with one attached hydrogen (secondary N) is 1. The molecule has 1 fully saturated rings. The van der Waals surface area contributed by atoms with Gasteiger partial charge in [-0.25, -0.2) is 15.0 Å². The standard InChI is InChI=1S/C51H61N6O10PSi/c1-35(2)65-68(63-30-16-29-52)66-45-42(31-62-51(36-17-12-10-13-18-36,37-21-25-39(59-6)26-22-37)38-23-27-40(60-7)28-24-38)64-49(46(45)67-69(8,9)50(3,4)5)57-34-55-44-47(53-33-54-48(44)57)56-43(58)32-61-41-19-14-11-15-20-41/h10-15,17-28,33-35,42,45-46,49H,16,30-32H2,1-9H3,(H,53,54,56,58)/t42-,45-,46-,49-,68?/m1/s1. The second-order valence-electron chi connectivity index (χ2n) is 18.1. The molecule has 0 saturated carbocycles. The Morgan fingerprint density at radius 2 is 1.45 bits per heavy atom. The number of rotatable bonds is 22. The van der Waals surface area contributed by atoms with E-state index in [-0.39, 0.29) is 43.2 Å². The van der Waals surface area contributed by atoms with Gasteiger partial charge >= 0.3 is 8.60 Å². The van der Waals surface area contributed by atoms with Crippen molar-refractivity contribution >= 4 is 39.8 Å². The minimum Gasteiger partial charge on any atom is -0.497 e. The molecule has 16 nitrogen and oxygen atoms in total. The molecule has 1 saturated heterocycles. The molecule has 0 aliphatic carbocycles. The van der Waals surface area contributed by atoms with Gasteiger partial charge in [0.05, 0.1) is 52.4 Å². The lowest BCUT2D eigenvalue weighted by Gasteiger charge is -2.41. The third-order valence-electron chi connectivity index (χ3n) is 12.1. The summed E-state index contributed by atoms with van der Waals surface area (Å²) in [4.78, 5) is 27.0. The van der Waals surface area contributed by atoms with Crippen molar-refractivity contribution in [3.63, 3.8) is 0 Å². The normalized spacial score (nSPS) is 17.9. The molecule has 18 heteroatoms. The fourth-order valence-electron chi connectivity index (χ4n) is 7.60. The van der Waals surface area contributed by atoms with Crippen molar-refractivity contribution in [2.24, 2.45) is 0 Å². The van der Waals surface area contributed by atoms with E-state index in [1.807, 2.05) is 111 Å². The van der Waals surface area contributed by atoms with Gasteiger partial charge in [-0.05, 0) is 85.1 Å². The summed E-state index contributed by atoms with van der Waals surface area (Å²) in [7, 11) is -1.46. The minimum absolute atomic E-state index is 0.0428. The van der Waals surface area contributed by atoms with Gasteiger partial charge in [0.15, 0.2) is 38.1 Å². The maximum Gasteiger partial charge on any atom is 0.333 e. The number of anilines is 1. The number of ether oxygens (including phenoxy) is 5. The highest BCUT2D eigenvalue weighted by atomic mass is 31.2. The Kier molecular flexibility index (Phi) is 16.8. The van der Waals surface area contributed by atoms with E-state index in [0.29, 0.717) is 28.4 Å². The number of benzene rings is 4. The van der Waals surface area contributed by atoms with Crippen LogP contribution < -0.4 is 19.5 Å². The number of hydrogen-bond donors (Lipinski definition) is 1. The van der Waals surface area contributed by atoms with E-state index < -0.39 is 53.0 Å². The number of fused-ring (bicyclic) bond motifs is 1. The van der Waals surface area contributed by atoms with Crippen molar-refractivity contribution in [2.75, 3.05) is 39.4 Å². The van der Waals surface area contributed by atoms with Gasteiger partial charge in [-0.1, -0.05) is 93.6 Å². The van der Waals surface area contributed by atoms with Crippen LogP contribution in [0.3, 0.4) is 0 Å². The van der Waals surface area contributed by atoms with E-state index in [9.17, 15) is 10.1 Å². The number of methoxy groups -OCH3 is 2. The Hall–Kier alpha value is -5.80. The lowest BCUT2D eigenvalue weighted by Crippen LogP contribution is -2.49. The first-order chi connectivity index (χ1) is 33.2. The summed E-state index contributed by atoms with van der Waals surface area (Å²) in [5.74, 6) is 1.69. The molecule has 1 N–H and O–H groups in total. The SMILES string of the molecule is COc1ccc(C(OC[C@H]2O[C@@H](n3cnc4c(NC(=O)COc5ccccc5)ncnc43)[C@H](O[Si](C)(C)C(C)(C)C)[C@@H]2OP(OCCC#N)OC(C)C)(c2ccccc2)c2ccc(OC)cc2)cc1. The van der Waals surface area contributed by atoms with Crippen molar-refractivity contribution in [1.29, 1.82) is 5.26 Å². The lowest BCUT2D eigenvalue weighted by atomic mass is 9.80. The maximum absolute atomic E-state index is 13.2. The van der Waals surface area contributed by atoms with Crippen molar-refractivity contribution in [1.82, 2.24) is 19.5 Å². The number of amides is 1. The summed E-state index contributed by atoms with van der Waals surface area (Å²) < 4.78 is 60.3. The second-order valence-corrected chi connectivity index (χ2v) is 24.0. The third-order valence-corrected chi connectivity index (χ3v) is 18.0. The Balaban J connectivity index is 1.34. The van der Waals surface area contributed by atoms with Crippen LogP contribution in [-0.2, 0) is 37.9 Å². The Bertz CT molecular complexity index is 2580. The molecular formula is C51H61N6O10PSi. The Morgan fingerprint density at radius 1 is 0.841 bits per heavy atom. The highest BCUT2D eigenvalue weighted by molar-refractivity contribution is 7.41. The molecule has 69 heavy (non-hydrogen) atoms. The van der Waals surface area contributed by atoms with Gasteiger partial charge in [0.2, 0.25) is 0 Å². The largest absolute Gasteiger partial charge is 0.497 e. The third kappa shape index (κ3) is 12.0. The number of aromatic nitrogens is 4. The van der Waals surface area contributed by atoms with Crippen LogP contribution in [0.1, 0.15) is 64.0 Å². The highest BCUT2D eigenvalue weighted by Gasteiger charge is 2.54. The molecule has 0 radical (unpaired) electrons. The summed E-state index contributed by atoms with van der Waals surface area (Å²) in [6, 6.07) is 36.8. The molecular weight excluding hydrogens is 916 g/mol. The number of nitriles is 1. The maximum atomic E-state index is 13.2. The summed E-state index contributed by atoms with van der Waals surface area (Å²) >= 11 is 0. The quantitative estimate of drug-likeness (QED) is 0.0294. The molecule has 1 aliphatic rings. The second kappa shape index (κ2) is 22.7. The molecule has 4 aromatic carbocycles. The van der Waals surface area contributed by atoms with Crippen LogP contribution in [0.4, 0.5) is 5.82 Å². The molecule has 3 heterocycles. The number of carbonyl (C=O) groups is 1. The molecule has 2 aromatic heterocycles. The van der Waals surface area contributed by atoms with Gasteiger partial charge in [-0.2, -0.15) is 5.26 Å². The average molecular weight is 977 g/mol. The van der Waals surface area contributed by atoms with Crippen molar-refractivity contribution in [3.05, 3.63) is 139 Å². The first kappa shape index (κ1) is 51.1. The molecule has 1 unspecified atom stereocenters. The summed E-state index contributed by atoms with van der Waals surface area (Å²) in [5, 5.41) is 12.1. The molecule has 7 rings (SSSR count). The zero-order chi connectivity index (χ0) is 49.2. The highest BCUT2D eigenvalue weighted by Crippen LogP contribution is 2.51. The van der Waals surface area contributed by atoms with Crippen LogP contribution >= 0.6 is 8.60 Å². The lowest BCUT2D eigenvalue weighted by molar-refractivity contribution is -0.118.